The first-order valence-corrected chi connectivity index (χ1v) is 6.30. The van der Waals surface area contributed by atoms with Gasteiger partial charge < -0.3 is 10.6 Å². The van der Waals surface area contributed by atoms with E-state index in [0.29, 0.717) is 35.2 Å². The van der Waals surface area contributed by atoms with E-state index in [1.807, 2.05) is 6.92 Å². The van der Waals surface area contributed by atoms with Crippen molar-refractivity contribution in [1.29, 1.82) is 0 Å². The molecule has 0 saturated carbocycles. The second-order valence-electron chi connectivity index (χ2n) is 3.62. The molecular formula is C12H16Cl2N2O. The highest BCUT2D eigenvalue weighted by molar-refractivity contribution is 6.39. The number of amides is 1. The zero-order chi connectivity index (χ0) is 12.8. The standard InChI is InChI=1S/C12H16Cl2N2O/c1-2-16(8-4-7-15)12(17)11-9(13)5-3-6-10(11)14/h3,5-6H,2,4,7-8,15H2,1H3. The quantitative estimate of drug-likeness (QED) is 0.898. The topological polar surface area (TPSA) is 46.3 Å². The van der Waals surface area contributed by atoms with Gasteiger partial charge in [-0.05, 0) is 32.0 Å². The van der Waals surface area contributed by atoms with Gasteiger partial charge in [0.25, 0.3) is 5.91 Å². The van der Waals surface area contributed by atoms with Crippen LogP contribution in [-0.4, -0.2) is 30.4 Å². The summed E-state index contributed by atoms with van der Waals surface area (Å²) in [5, 5.41) is 0.766. The van der Waals surface area contributed by atoms with Crippen molar-refractivity contribution in [3.05, 3.63) is 33.8 Å². The van der Waals surface area contributed by atoms with Crippen LogP contribution in [0.2, 0.25) is 10.0 Å². The van der Waals surface area contributed by atoms with E-state index in [1.165, 1.54) is 0 Å². The number of hydrogen-bond acceptors (Lipinski definition) is 2. The lowest BCUT2D eigenvalue weighted by atomic mass is 10.2. The summed E-state index contributed by atoms with van der Waals surface area (Å²) in [6.07, 6.45) is 0.766. The van der Waals surface area contributed by atoms with E-state index >= 15 is 0 Å². The molecule has 0 radical (unpaired) electrons. The minimum atomic E-state index is -0.142. The lowest BCUT2D eigenvalue weighted by molar-refractivity contribution is 0.0764. The minimum Gasteiger partial charge on any atom is -0.339 e. The summed E-state index contributed by atoms with van der Waals surface area (Å²) in [6.45, 7) is 3.70. The summed E-state index contributed by atoms with van der Waals surface area (Å²) in [5.74, 6) is -0.142. The number of nitrogens with zero attached hydrogens (tertiary/aromatic N) is 1. The van der Waals surface area contributed by atoms with Gasteiger partial charge in [0.1, 0.15) is 0 Å². The van der Waals surface area contributed by atoms with Crippen molar-refractivity contribution >= 4 is 29.1 Å². The first-order valence-electron chi connectivity index (χ1n) is 5.55. The normalized spacial score (nSPS) is 10.4. The fraction of sp³-hybridized carbons (Fsp3) is 0.417. The molecule has 0 aliphatic heterocycles. The fourth-order valence-electron chi connectivity index (χ4n) is 1.55. The molecule has 0 heterocycles. The monoisotopic (exact) mass is 274 g/mol. The number of rotatable bonds is 5. The molecule has 0 saturated heterocycles. The van der Waals surface area contributed by atoms with Gasteiger partial charge >= 0.3 is 0 Å². The summed E-state index contributed by atoms with van der Waals surface area (Å²) < 4.78 is 0. The largest absolute Gasteiger partial charge is 0.339 e. The summed E-state index contributed by atoms with van der Waals surface area (Å²) in [5.41, 5.74) is 5.81. The molecule has 0 aliphatic rings. The Kier molecular flexibility index (Phi) is 5.75. The predicted octanol–water partition coefficient (Wildman–Crippen LogP) is 2.80. The second-order valence-corrected chi connectivity index (χ2v) is 4.44. The van der Waals surface area contributed by atoms with Crippen LogP contribution in [0.4, 0.5) is 0 Å². The first-order chi connectivity index (χ1) is 8.11. The van der Waals surface area contributed by atoms with E-state index in [4.69, 9.17) is 28.9 Å². The smallest absolute Gasteiger partial charge is 0.256 e. The van der Waals surface area contributed by atoms with E-state index < -0.39 is 0 Å². The fourth-order valence-corrected chi connectivity index (χ4v) is 2.10. The minimum absolute atomic E-state index is 0.142. The average Bonchev–Trinajstić information content (AvgIpc) is 2.30. The Morgan fingerprint density at radius 2 is 1.94 bits per heavy atom. The molecule has 1 amide bonds. The molecule has 1 aromatic rings. The van der Waals surface area contributed by atoms with Gasteiger partial charge in [0.2, 0.25) is 0 Å². The van der Waals surface area contributed by atoms with Crippen LogP contribution in [0.15, 0.2) is 18.2 Å². The highest BCUT2D eigenvalue weighted by Gasteiger charge is 2.19. The molecule has 3 nitrogen and oxygen atoms in total. The van der Waals surface area contributed by atoms with Gasteiger partial charge in [-0.2, -0.15) is 0 Å². The van der Waals surface area contributed by atoms with Crippen LogP contribution >= 0.6 is 23.2 Å². The highest BCUT2D eigenvalue weighted by Crippen LogP contribution is 2.25. The Morgan fingerprint density at radius 3 is 2.41 bits per heavy atom. The maximum absolute atomic E-state index is 12.2. The summed E-state index contributed by atoms with van der Waals surface area (Å²) in [7, 11) is 0. The van der Waals surface area contributed by atoms with E-state index in [1.54, 1.807) is 23.1 Å². The first kappa shape index (κ1) is 14.3. The summed E-state index contributed by atoms with van der Waals surface area (Å²) in [6, 6.07) is 5.05. The molecule has 94 valence electrons. The summed E-state index contributed by atoms with van der Waals surface area (Å²) >= 11 is 12.0. The van der Waals surface area contributed by atoms with Crippen molar-refractivity contribution in [3.63, 3.8) is 0 Å². The van der Waals surface area contributed by atoms with Crippen molar-refractivity contribution in [1.82, 2.24) is 4.90 Å². The Labute approximate surface area is 111 Å². The molecule has 5 heteroatoms. The summed E-state index contributed by atoms with van der Waals surface area (Å²) in [4.78, 5) is 13.9. The van der Waals surface area contributed by atoms with Crippen molar-refractivity contribution in [3.8, 4) is 0 Å². The SMILES string of the molecule is CCN(CCCN)C(=O)c1c(Cl)cccc1Cl. The van der Waals surface area contributed by atoms with E-state index in [9.17, 15) is 4.79 Å². The zero-order valence-corrected chi connectivity index (χ0v) is 11.3. The number of benzene rings is 1. The number of nitrogens with two attached hydrogens (primary N) is 1. The molecule has 0 atom stereocenters. The lowest BCUT2D eigenvalue weighted by Gasteiger charge is -2.21. The third kappa shape index (κ3) is 3.60. The van der Waals surface area contributed by atoms with Gasteiger partial charge in [-0.25, -0.2) is 0 Å². The van der Waals surface area contributed by atoms with Gasteiger partial charge in [-0.3, -0.25) is 4.79 Å². The third-order valence-corrected chi connectivity index (χ3v) is 3.11. The van der Waals surface area contributed by atoms with Crippen LogP contribution in [-0.2, 0) is 0 Å². The third-order valence-electron chi connectivity index (χ3n) is 2.48. The number of carbonyl (C=O) groups is 1. The molecule has 0 unspecified atom stereocenters. The molecular weight excluding hydrogens is 259 g/mol. The highest BCUT2D eigenvalue weighted by atomic mass is 35.5. The molecule has 0 aliphatic carbocycles. The number of halogens is 2. The molecule has 0 fully saturated rings. The maximum Gasteiger partial charge on any atom is 0.256 e. The molecule has 0 aromatic heterocycles. The molecule has 0 bridgehead atoms. The molecule has 0 spiro atoms. The van der Waals surface area contributed by atoms with Gasteiger partial charge in [0.15, 0.2) is 0 Å². The van der Waals surface area contributed by atoms with E-state index in [-0.39, 0.29) is 5.91 Å². The van der Waals surface area contributed by atoms with Crippen LogP contribution in [0.5, 0.6) is 0 Å². The zero-order valence-electron chi connectivity index (χ0n) is 9.75. The Balaban J connectivity index is 2.93. The number of carbonyl (C=O) groups excluding carboxylic acids is 1. The van der Waals surface area contributed by atoms with Crippen LogP contribution < -0.4 is 5.73 Å². The van der Waals surface area contributed by atoms with Gasteiger partial charge in [-0.15, -0.1) is 0 Å². The van der Waals surface area contributed by atoms with Crippen LogP contribution in [0.1, 0.15) is 23.7 Å². The Bertz CT molecular complexity index is 376. The molecule has 2 N–H and O–H groups in total. The number of hydrogen-bond donors (Lipinski definition) is 1. The second kappa shape index (κ2) is 6.84. The van der Waals surface area contributed by atoms with Crippen molar-refractivity contribution in [2.24, 2.45) is 5.73 Å². The predicted molar refractivity (Wildman–Crippen MR) is 71.7 cm³/mol. The Morgan fingerprint density at radius 1 is 1.35 bits per heavy atom. The molecule has 17 heavy (non-hydrogen) atoms. The van der Waals surface area contributed by atoms with Gasteiger partial charge in [-0.1, -0.05) is 29.3 Å². The van der Waals surface area contributed by atoms with Crippen LogP contribution in [0.25, 0.3) is 0 Å². The molecule has 1 aromatic carbocycles. The average molecular weight is 275 g/mol. The van der Waals surface area contributed by atoms with E-state index in [0.717, 1.165) is 6.42 Å². The van der Waals surface area contributed by atoms with Crippen molar-refractivity contribution in [2.45, 2.75) is 13.3 Å². The van der Waals surface area contributed by atoms with E-state index in [2.05, 4.69) is 0 Å². The lowest BCUT2D eigenvalue weighted by Crippen LogP contribution is -2.33. The van der Waals surface area contributed by atoms with Crippen LogP contribution in [0, 0.1) is 0 Å². The Hall–Kier alpha value is -0.770. The van der Waals surface area contributed by atoms with Crippen molar-refractivity contribution in [2.75, 3.05) is 19.6 Å². The van der Waals surface area contributed by atoms with Gasteiger partial charge in [0, 0.05) is 13.1 Å². The van der Waals surface area contributed by atoms with Gasteiger partial charge in [0.05, 0.1) is 15.6 Å². The van der Waals surface area contributed by atoms with Crippen molar-refractivity contribution < 1.29 is 4.79 Å². The maximum atomic E-state index is 12.2. The van der Waals surface area contributed by atoms with Crippen LogP contribution in [0.3, 0.4) is 0 Å². The molecule has 1 rings (SSSR count).